The van der Waals surface area contributed by atoms with Gasteiger partial charge in [-0.05, 0) is 115 Å². The SMILES string of the molecule is CC/C=C\C/C=C\C/C=C\C/C=C\C/C=C\CCCC(=O)OC(/C=C\CCCCCCCCCCCCC)C(COP(=O)([O-])OCC[N+](C)(C)C)NC(=O)CCCCCCCCCCCCC/C=C\C/C=C\C/C=C\C/C=C\CCCCC. The predicted octanol–water partition coefficient (Wildman–Crippen LogP) is 20.8. The molecule has 0 bridgehead atoms. The topological polar surface area (TPSA) is 114 Å². The molecule has 0 aromatic heterocycles. The third-order valence-electron chi connectivity index (χ3n) is 14.4. The number of phosphoric acid groups is 1. The van der Waals surface area contributed by atoms with Gasteiger partial charge in [0.25, 0.3) is 7.82 Å². The summed E-state index contributed by atoms with van der Waals surface area (Å²) in [6.45, 7) is 6.66. The number of quaternary nitrogens is 1. The van der Waals surface area contributed by atoms with E-state index in [1.807, 2.05) is 33.3 Å². The number of nitrogens with one attached hydrogen (secondary N) is 1. The molecule has 476 valence electrons. The summed E-state index contributed by atoms with van der Waals surface area (Å²) in [4.78, 5) is 40.1. The van der Waals surface area contributed by atoms with Gasteiger partial charge < -0.3 is 28.5 Å². The van der Waals surface area contributed by atoms with Crippen LogP contribution in [0.2, 0.25) is 0 Å². The molecule has 1 N–H and O–H groups in total. The zero-order valence-electron chi connectivity index (χ0n) is 54.4. The van der Waals surface area contributed by atoms with E-state index < -0.39 is 32.5 Å². The Morgan fingerprint density at radius 2 is 0.783 bits per heavy atom. The Morgan fingerprint density at radius 3 is 1.20 bits per heavy atom. The fourth-order valence-electron chi connectivity index (χ4n) is 9.19. The predicted molar refractivity (Wildman–Crippen MR) is 357 cm³/mol. The second kappa shape index (κ2) is 61.5. The van der Waals surface area contributed by atoms with Crippen molar-refractivity contribution < 1.29 is 37.3 Å². The molecule has 0 heterocycles. The maximum atomic E-state index is 13.6. The van der Waals surface area contributed by atoms with E-state index in [0.717, 1.165) is 109 Å². The highest BCUT2D eigenvalue weighted by molar-refractivity contribution is 7.45. The minimum Gasteiger partial charge on any atom is -0.756 e. The van der Waals surface area contributed by atoms with Gasteiger partial charge in [-0.2, -0.15) is 0 Å². The van der Waals surface area contributed by atoms with Crippen LogP contribution in [0.3, 0.4) is 0 Å². The van der Waals surface area contributed by atoms with Crippen molar-refractivity contribution in [2.75, 3.05) is 40.9 Å². The molecule has 0 saturated carbocycles. The molecule has 1 amide bonds. The van der Waals surface area contributed by atoms with Crippen molar-refractivity contribution in [1.82, 2.24) is 5.32 Å². The summed E-state index contributed by atoms with van der Waals surface area (Å²) in [5.41, 5.74) is 0. The van der Waals surface area contributed by atoms with Gasteiger partial charge in [0.1, 0.15) is 19.3 Å². The van der Waals surface area contributed by atoms with Crippen LogP contribution >= 0.6 is 7.82 Å². The smallest absolute Gasteiger partial charge is 0.306 e. The zero-order valence-corrected chi connectivity index (χ0v) is 55.3. The van der Waals surface area contributed by atoms with E-state index in [4.69, 9.17) is 13.8 Å². The molecule has 0 aliphatic carbocycles. The van der Waals surface area contributed by atoms with Gasteiger partial charge in [0.05, 0.1) is 33.8 Å². The van der Waals surface area contributed by atoms with Crippen molar-refractivity contribution in [1.29, 1.82) is 0 Å². The summed E-state index contributed by atoms with van der Waals surface area (Å²) in [6.07, 6.45) is 86.1. The lowest BCUT2D eigenvalue weighted by Gasteiger charge is -2.30. The number of allylic oxidation sites excluding steroid dienone is 19. The highest BCUT2D eigenvalue weighted by Gasteiger charge is 2.27. The third kappa shape index (κ3) is 62.8. The van der Waals surface area contributed by atoms with Gasteiger partial charge in [-0.15, -0.1) is 0 Å². The maximum absolute atomic E-state index is 13.6. The minimum atomic E-state index is -4.72. The van der Waals surface area contributed by atoms with Crippen LogP contribution in [-0.2, 0) is 27.9 Å². The Morgan fingerprint density at radius 1 is 0.434 bits per heavy atom. The Hall–Kier alpha value is -3.59. The Kier molecular flexibility index (Phi) is 58.8. The molecule has 83 heavy (non-hydrogen) atoms. The quantitative estimate of drug-likeness (QED) is 0.0212. The van der Waals surface area contributed by atoms with Crippen LogP contribution in [0, 0.1) is 0 Å². The first kappa shape index (κ1) is 79.4. The van der Waals surface area contributed by atoms with Crippen LogP contribution in [0.5, 0.6) is 0 Å². The van der Waals surface area contributed by atoms with E-state index in [-0.39, 0.29) is 18.9 Å². The molecule has 0 rings (SSSR count). The van der Waals surface area contributed by atoms with E-state index in [1.54, 1.807) is 0 Å². The van der Waals surface area contributed by atoms with Crippen molar-refractivity contribution in [3.63, 3.8) is 0 Å². The average molecular weight is 1180 g/mol. The molecular formula is C73H127N2O7P. The molecule has 0 aliphatic rings. The number of unbranched alkanes of at least 4 members (excludes halogenated alkanes) is 26. The third-order valence-corrected chi connectivity index (χ3v) is 15.3. The first-order chi connectivity index (χ1) is 40.4. The molecule has 0 spiro atoms. The molecule has 3 unspecified atom stereocenters. The summed E-state index contributed by atoms with van der Waals surface area (Å²) in [7, 11) is 1.14. The van der Waals surface area contributed by atoms with Gasteiger partial charge in [-0.1, -0.05) is 271 Å². The highest BCUT2D eigenvalue weighted by Crippen LogP contribution is 2.38. The molecule has 0 aromatic carbocycles. The number of esters is 1. The van der Waals surface area contributed by atoms with Crippen LogP contribution in [-0.4, -0.2) is 69.4 Å². The van der Waals surface area contributed by atoms with E-state index in [2.05, 4.69) is 135 Å². The summed E-state index contributed by atoms with van der Waals surface area (Å²) in [5, 5.41) is 3.02. The number of nitrogens with zero attached hydrogens (tertiary/aromatic N) is 1. The van der Waals surface area contributed by atoms with Gasteiger partial charge in [-0.3, -0.25) is 14.2 Å². The van der Waals surface area contributed by atoms with E-state index >= 15 is 0 Å². The molecule has 10 heteroatoms. The highest BCUT2D eigenvalue weighted by atomic mass is 31.2. The monoisotopic (exact) mass is 1170 g/mol. The summed E-state index contributed by atoms with van der Waals surface area (Å²) in [6, 6.07) is -0.922. The van der Waals surface area contributed by atoms with Crippen molar-refractivity contribution in [2.24, 2.45) is 0 Å². The molecular weight excluding hydrogens is 1050 g/mol. The first-order valence-corrected chi connectivity index (χ1v) is 35.3. The van der Waals surface area contributed by atoms with Crippen LogP contribution < -0.4 is 10.2 Å². The normalized spacial score (nSPS) is 14.3. The fraction of sp³-hybridized carbons (Fsp3) is 0.699. The van der Waals surface area contributed by atoms with Crippen molar-refractivity contribution >= 4 is 19.7 Å². The van der Waals surface area contributed by atoms with Crippen LogP contribution in [0.25, 0.3) is 0 Å². The van der Waals surface area contributed by atoms with E-state index in [9.17, 15) is 19.0 Å². The molecule has 0 aliphatic heterocycles. The van der Waals surface area contributed by atoms with Gasteiger partial charge >= 0.3 is 5.97 Å². The van der Waals surface area contributed by atoms with Crippen LogP contribution in [0.4, 0.5) is 0 Å². The minimum absolute atomic E-state index is 0.0374. The number of hydrogen-bond donors (Lipinski definition) is 1. The lowest BCUT2D eigenvalue weighted by atomic mass is 10.0. The number of carbonyl (C=O) groups excluding carboxylic acids is 2. The second-order valence-electron chi connectivity index (χ2n) is 23.6. The van der Waals surface area contributed by atoms with Crippen LogP contribution in [0.15, 0.2) is 122 Å². The summed E-state index contributed by atoms with van der Waals surface area (Å²) < 4.78 is 30.3. The van der Waals surface area contributed by atoms with Gasteiger partial charge in [-0.25, -0.2) is 0 Å². The number of likely N-dealkylation sites (N-methyl/N-ethyl adjacent to an activating group) is 1. The van der Waals surface area contributed by atoms with Gasteiger partial charge in [0.2, 0.25) is 5.91 Å². The number of carbonyl (C=O) groups is 2. The molecule has 9 nitrogen and oxygen atoms in total. The van der Waals surface area contributed by atoms with Gasteiger partial charge in [0, 0.05) is 12.8 Å². The van der Waals surface area contributed by atoms with E-state index in [0.29, 0.717) is 23.9 Å². The average Bonchev–Trinajstić information content (AvgIpc) is 3.47. The standard InChI is InChI=1S/C73H127N2O7P/c1-7-10-13-16-19-22-25-28-30-32-33-34-35-36-37-38-39-40-41-43-44-47-50-53-56-59-62-65-72(76)74-70(69-81-83(78,79)80-68-67-75(4,5)6)71(64-61-58-55-52-49-46-27-24-21-18-15-12-9-3)82-73(77)66-63-60-57-54-51-48-45-42-31-29-26-23-20-17-14-11-8-2/h11,14,19-20,22-23,28-31,33-34,36-37,45,48,54,57,61,64,70-71H,7-10,12-13,15-18,21,24-27,32,35,38-44,46-47,49-53,55-56,58-60,62-63,65-69H2,1-6H3,(H-,74,76,78,79)/b14-11-,22-19-,23-20-,30-28-,31-29-,34-33-,37-36-,48-45-,57-54-,64-61-. The Labute approximate surface area is 512 Å². The van der Waals surface area contributed by atoms with Crippen LogP contribution in [0.1, 0.15) is 278 Å². The summed E-state index contributed by atoms with van der Waals surface area (Å²) in [5.74, 6) is -0.616. The van der Waals surface area contributed by atoms with Crippen molar-refractivity contribution in [3.05, 3.63) is 122 Å². The lowest BCUT2D eigenvalue weighted by molar-refractivity contribution is -0.870. The van der Waals surface area contributed by atoms with Crippen molar-refractivity contribution in [3.8, 4) is 0 Å². The molecule has 0 saturated heterocycles. The lowest BCUT2D eigenvalue weighted by Crippen LogP contribution is -2.47. The maximum Gasteiger partial charge on any atom is 0.306 e. The second-order valence-corrected chi connectivity index (χ2v) is 25.0. The Balaban J connectivity index is 5.19. The largest absolute Gasteiger partial charge is 0.756 e. The molecule has 0 fully saturated rings. The first-order valence-electron chi connectivity index (χ1n) is 33.8. The van der Waals surface area contributed by atoms with Gasteiger partial charge in [0.15, 0.2) is 0 Å². The molecule has 0 radical (unpaired) electrons. The number of hydrogen-bond acceptors (Lipinski definition) is 7. The summed E-state index contributed by atoms with van der Waals surface area (Å²) >= 11 is 0. The molecule has 0 aromatic rings. The number of phosphoric ester groups is 1. The molecule has 3 atom stereocenters. The number of rotatable bonds is 60. The Bertz CT molecular complexity index is 1830. The number of ether oxygens (including phenoxy) is 1. The van der Waals surface area contributed by atoms with Crippen molar-refractivity contribution in [2.45, 2.75) is 290 Å². The fourth-order valence-corrected chi connectivity index (χ4v) is 9.91. The number of amides is 1. The zero-order chi connectivity index (χ0) is 60.7. The van der Waals surface area contributed by atoms with E-state index in [1.165, 1.54) is 128 Å².